The first-order chi connectivity index (χ1) is 8.13. The molecule has 2 heterocycles. The molecule has 0 saturated heterocycles. The Morgan fingerprint density at radius 1 is 1.53 bits per heavy atom. The lowest BCUT2D eigenvalue weighted by Crippen LogP contribution is -2.18. The molecule has 2 aromatic heterocycles. The van der Waals surface area contributed by atoms with Crippen molar-refractivity contribution in [3.63, 3.8) is 0 Å². The maximum atomic E-state index is 6.03. The van der Waals surface area contributed by atoms with Crippen molar-refractivity contribution in [2.45, 2.75) is 26.3 Å². The molecule has 2 N–H and O–H groups in total. The maximum absolute atomic E-state index is 6.03. The molecule has 0 aromatic carbocycles. The number of hydrogen-bond acceptors (Lipinski definition) is 5. The van der Waals surface area contributed by atoms with Crippen molar-refractivity contribution in [2.75, 3.05) is 0 Å². The van der Waals surface area contributed by atoms with Crippen molar-refractivity contribution < 1.29 is 4.52 Å². The number of nitrogens with zero attached hydrogens (tertiary/aromatic N) is 4. The van der Waals surface area contributed by atoms with Crippen LogP contribution in [0, 0.1) is 5.92 Å². The van der Waals surface area contributed by atoms with E-state index in [9.17, 15) is 0 Å². The van der Waals surface area contributed by atoms with Gasteiger partial charge in [-0.05, 0) is 5.92 Å². The fourth-order valence-corrected chi connectivity index (χ4v) is 1.54. The zero-order chi connectivity index (χ0) is 12.4. The third kappa shape index (κ3) is 2.21. The maximum Gasteiger partial charge on any atom is 0.244 e. The first-order valence-corrected chi connectivity index (χ1v) is 5.70. The van der Waals surface area contributed by atoms with E-state index in [0.29, 0.717) is 23.5 Å². The Morgan fingerprint density at radius 2 is 2.29 bits per heavy atom. The average molecular weight is 235 g/mol. The molecule has 2 atom stereocenters. The van der Waals surface area contributed by atoms with Gasteiger partial charge < -0.3 is 14.8 Å². The highest BCUT2D eigenvalue weighted by atomic mass is 16.5. The summed E-state index contributed by atoms with van der Waals surface area (Å²) in [4.78, 5) is 8.46. The van der Waals surface area contributed by atoms with Gasteiger partial charge >= 0.3 is 0 Å². The SMILES string of the molecule is CCC(C)C(N)c1nc(-c2nccn2C)no1. The largest absolute Gasteiger partial charge is 0.337 e. The molecule has 2 aromatic rings. The molecular weight excluding hydrogens is 218 g/mol. The normalized spacial score (nSPS) is 14.8. The lowest BCUT2D eigenvalue weighted by Gasteiger charge is -2.12. The number of aryl methyl sites for hydroxylation is 1. The highest BCUT2D eigenvalue weighted by Gasteiger charge is 2.21. The number of imidazole rings is 1. The van der Waals surface area contributed by atoms with Crippen molar-refractivity contribution in [3.05, 3.63) is 18.3 Å². The van der Waals surface area contributed by atoms with E-state index < -0.39 is 0 Å². The molecule has 0 aliphatic carbocycles. The highest BCUT2D eigenvalue weighted by molar-refractivity contribution is 5.42. The van der Waals surface area contributed by atoms with Gasteiger partial charge in [0.05, 0.1) is 6.04 Å². The summed E-state index contributed by atoms with van der Waals surface area (Å²) < 4.78 is 7.03. The lowest BCUT2D eigenvalue weighted by molar-refractivity contribution is 0.312. The van der Waals surface area contributed by atoms with E-state index in [0.717, 1.165) is 6.42 Å². The fraction of sp³-hybridized carbons (Fsp3) is 0.545. The summed E-state index contributed by atoms with van der Waals surface area (Å²) in [5.41, 5.74) is 6.03. The van der Waals surface area contributed by atoms with E-state index in [1.165, 1.54) is 0 Å². The molecule has 92 valence electrons. The van der Waals surface area contributed by atoms with Crippen molar-refractivity contribution in [2.24, 2.45) is 18.7 Å². The van der Waals surface area contributed by atoms with E-state index in [1.807, 2.05) is 17.8 Å². The lowest BCUT2D eigenvalue weighted by atomic mass is 10.0. The molecular formula is C11H17N5O. The van der Waals surface area contributed by atoms with Crippen LogP contribution in [0.25, 0.3) is 11.6 Å². The third-order valence-corrected chi connectivity index (χ3v) is 3.01. The van der Waals surface area contributed by atoms with E-state index in [1.54, 1.807) is 6.20 Å². The smallest absolute Gasteiger partial charge is 0.244 e. The molecule has 0 aliphatic heterocycles. The highest BCUT2D eigenvalue weighted by Crippen LogP contribution is 2.22. The van der Waals surface area contributed by atoms with E-state index >= 15 is 0 Å². The molecule has 0 fully saturated rings. The summed E-state index contributed by atoms with van der Waals surface area (Å²) in [6.07, 6.45) is 4.50. The molecule has 0 spiro atoms. The van der Waals surface area contributed by atoms with Crippen LogP contribution in [0.3, 0.4) is 0 Å². The van der Waals surface area contributed by atoms with Gasteiger partial charge in [-0.1, -0.05) is 25.4 Å². The van der Waals surface area contributed by atoms with Crippen molar-refractivity contribution in [3.8, 4) is 11.6 Å². The summed E-state index contributed by atoms with van der Waals surface area (Å²) in [6, 6.07) is -0.221. The summed E-state index contributed by atoms with van der Waals surface area (Å²) in [6.45, 7) is 4.15. The van der Waals surface area contributed by atoms with Gasteiger partial charge in [0.15, 0.2) is 5.82 Å². The van der Waals surface area contributed by atoms with Crippen molar-refractivity contribution in [1.82, 2.24) is 19.7 Å². The number of rotatable bonds is 4. The van der Waals surface area contributed by atoms with Crippen LogP contribution in [0.5, 0.6) is 0 Å². The van der Waals surface area contributed by atoms with Gasteiger partial charge in [0, 0.05) is 19.4 Å². The predicted octanol–water partition coefficient (Wildman–Crippen LogP) is 1.52. The predicted molar refractivity (Wildman–Crippen MR) is 62.9 cm³/mol. The minimum atomic E-state index is -0.221. The number of nitrogens with two attached hydrogens (primary N) is 1. The van der Waals surface area contributed by atoms with Crippen LogP contribution >= 0.6 is 0 Å². The van der Waals surface area contributed by atoms with Gasteiger partial charge in [0.2, 0.25) is 11.7 Å². The molecule has 17 heavy (non-hydrogen) atoms. The van der Waals surface area contributed by atoms with Crippen molar-refractivity contribution >= 4 is 0 Å². The Hall–Kier alpha value is -1.69. The van der Waals surface area contributed by atoms with Crippen LogP contribution < -0.4 is 5.73 Å². The zero-order valence-electron chi connectivity index (χ0n) is 10.3. The number of hydrogen-bond donors (Lipinski definition) is 1. The van der Waals surface area contributed by atoms with Crippen LogP contribution in [0.4, 0.5) is 0 Å². The zero-order valence-corrected chi connectivity index (χ0v) is 10.3. The van der Waals surface area contributed by atoms with Crippen LogP contribution in [-0.4, -0.2) is 19.7 Å². The van der Waals surface area contributed by atoms with Crippen LogP contribution in [0.2, 0.25) is 0 Å². The quantitative estimate of drug-likeness (QED) is 0.868. The van der Waals surface area contributed by atoms with Gasteiger partial charge in [-0.3, -0.25) is 0 Å². The van der Waals surface area contributed by atoms with Crippen LogP contribution in [0.15, 0.2) is 16.9 Å². The van der Waals surface area contributed by atoms with Crippen molar-refractivity contribution in [1.29, 1.82) is 0 Å². The molecule has 2 rings (SSSR count). The molecule has 2 unspecified atom stereocenters. The Kier molecular flexibility index (Phi) is 3.23. The second kappa shape index (κ2) is 4.67. The Balaban J connectivity index is 2.25. The minimum absolute atomic E-state index is 0.221. The van der Waals surface area contributed by atoms with E-state index in [4.69, 9.17) is 10.3 Å². The standard InChI is InChI=1S/C11H17N5O/c1-4-7(2)8(12)11-14-9(15-17-11)10-13-5-6-16(10)3/h5-8H,4,12H2,1-3H3. The minimum Gasteiger partial charge on any atom is -0.337 e. The summed E-state index contributed by atoms with van der Waals surface area (Å²) >= 11 is 0. The first kappa shape index (κ1) is 11.8. The Bertz CT molecular complexity index is 490. The van der Waals surface area contributed by atoms with Gasteiger partial charge in [-0.25, -0.2) is 4.98 Å². The molecule has 6 nitrogen and oxygen atoms in total. The van der Waals surface area contributed by atoms with Crippen LogP contribution in [-0.2, 0) is 7.05 Å². The second-order valence-corrected chi connectivity index (χ2v) is 4.23. The molecule has 0 bridgehead atoms. The molecule has 0 amide bonds. The number of aromatic nitrogens is 4. The van der Waals surface area contributed by atoms with Gasteiger partial charge in [0.1, 0.15) is 0 Å². The Labute approximate surface area is 99.8 Å². The fourth-order valence-electron chi connectivity index (χ4n) is 1.54. The molecule has 6 heteroatoms. The first-order valence-electron chi connectivity index (χ1n) is 5.70. The second-order valence-electron chi connectivity index (χ2n) is 4.23. The monoisotopic (exact) mass is 235 g/mol. The third-order valence-electron chi connectivity index (χ3n) is 3.01. The van der Waals surface area contributed by atoms with Gasteiger partial charge in [0.25, 0.3) is 0 Å². The summed E-state index contributed by atoms with van der Waals surface area (Å²) in [5.74, 6) is 1.93. The van der Waals surface area contributed by atoms with E-state index in [2.05, 4.69) is 29.0 Å². The molecule has 0 saturated carbocycles. The topological polar surface area (TPSA) is 82.8 Å². The van der Waals surface area contributed by atoms with Gasteiger partial charge in [-0.2, -0.15) is 4.98 Å². The molecule has 0 radical (unpaired) electrons. The van der Waals surface area contributed by atoms with Gasteiger partial charge in [-0.15, -0.1) is 0 Å². The Morgan fingerprint density at radius 3 is 2.88 bits per heavy atom. The average Bonchev–Trinajstić information content (AvgIpc) is 2.95. The molecule has 0 aliphatic rings. The van der Waals surface area contributed by atoms with Crippen LogP contribution in [0.1, 0.15) is 32.2 Å². The van der Waals surface area contributed by atoms with E-state index in [-0.39, 0.29) is 6.04 Å². The summed E-state index contributed by atoms with van der Waals surface area (Å²) in [7, 11) is 1.88. The summed E-state index contributed by atoms with van der Waals surface area (Å²) in [5, 5.41) is 3.91.